The Kier molecular flexibility index (Phi) is 4.55. The molecule has 7 heteroatoms. The maximum Gasteiger partial charge on any atom is 0.225 e. The largest absolute Gasteiger partial charge is 0.369 e. The number of aryl methyl sites for hydroxylation is 2. The standard InChI is InChI=1S/C18H18ClN5O/c1-10-18(11(2)24(3)23-10)15-8-14(12-4-6-13(19)7-5-12)21-17(22-15)9-16(20)25/h4-8H,9H2,1-3H3,(H2,20,25). The van der Waals surface area contributed by atoms with Gasteiger partial charge in [0.25, 0.3) is 0 Å². The predicted octanol–water partition coefficient (Wildman–Crippen LogP) is 2.84. The molecule has 0 saturated carbocycles. The third-order valence-electron chi connectivity index (χ3n) is 4.01. The average Bonchev–Trinajstić information content (AvgIpc) is 2.79. The molecular weight excluding hydrogens is 338 g/mol. The van der Waals surface area contributed by atoms with Gasteiger partial charge >= 0.3 is 0 Å². The Bertz CT molecular complexity index is 947. The number of primary amides is 1. The van der Waals surface area contributed by atoms with Crippen LogP contribution in [0.3, 0.4) is 0 Å². The lowest BCUT2D eigenvalue weighted by atomic mass is 10.1. The number of nitrogens with zero attached hydrogens (tertiary/aromatic N) is 4. The smallest absolute Gasteiger partial charge is 0.225 e. The monoisotopic (exact) mass is 355 g/mol. The first-order chi connectivity index (χ1) is 11.8. The fourth-order valence-electron chi connectivity index (χ4n) is 2.77. The third kappa shape index (κ3) is 3.53. The maximum absolute atomic E-state index is 11.4. The highest BCUT2D eigenvalue weighted by Gasteiger charge is 2.16. The third-order valence-corrected chi connectivity index (χ3v) is 4.26. The maximum atomic E-state index is 11.4. The van der Waals surface area contributed by atoms with Crippen molar-refractivity contribution in [3.63, 3.8) is 0 Å². The number of carbonyl (C=O) groups excluding carboxylic acids is 1. The summed E-state index contributed by atoms with van der Waals surface area (Å²) in [5.41, 5.74) is 10.4. The predicted molar refractivity (Wildman–Crippen MR) is 97.1 cm³/mol. The van der Waals surface area contributed by atoms with E-state index >= 15 is 0 Å². The van der Waals surface area contributed by atoms with Gasteiger partial charge in [-0.3, -0.25) is 9.48 Å². The molecule has 0 aliphatic rings. The summed E-state index contributed by atoms with van der Waals surface area (Å²) in [7, 11) is 1.89. The number of benzene rings is 1. The van der Waals surface area contributed by atoms with E-state index in [0.717, 1.165) is 28.2 Å². The lowest BCUT2D eigenvalue weighted by molar-refractivity contribution is -0.117. The zero-order chi connectivity index (χ0) is 18.1. The number of amides is 1. The molecule has 0 aliphatic heterocycles. The molecule has 128 valence electrons. The first-order valence-corrected chi connectivity index (χ1v) is 8.15. The molecule has 0 fully saturated rings. The molecule has 0 unspecified atom stereocenters. The number of nitrogens with two attached hydrogens (primary N) is 1. The second-order valence-corrected chi connectivity index (χ2v) is 6.31. The highest BCUT2D eigenvalue weighted by molar-refractivity contribution is 6.30. The van der Waals surface area contributed by atoms with Gasteiger partial charge in [0.15, 0.2) is 0 Å². The van der Waals surface area contributed by atoms with Crippen molar-refractivity contribution < 1.29 is 4.79 Å². The van der Waals surface area contributed by atoms with E-state index in [1.54, 1.807) is 12.1 Å². The van der Waals surface area contributed by atoms with Crippen LogP contribution in [0.2, 0.25) is 5.02 Å². The van der Waals surface area contributed by atoms with Gasteiger partial charge in [-0.15, -0.1) is 0 Å². The Morgan fingerprint density at radius 2 is 1.80 bits per heavy atom. The van der Waals surface area contributed by atoms with E-state index in [2.05, 4.69) is 15.1 Å². The summed E-state index contributed by atoms with van der Waals surface area (Å²) in [5.74, 6) is -0.0866. The highest BCUT2D eigenvalue weighted by Crippen LogP contribution is 2.29. The summed E-state index contributed by atoms with van der Waals surface area (Å²) in [4.78, 5) is 20.4. The quantitative estimate of drug-likeness (QED) is 0.779. The Hall–Kier alpha value is -2.73. The number of carbonyl (C=O) groups is 1. The van der Waals surface area contributed by atoms with Crippen LogP contribution in [0.4, 0.5) is 0 Å². The normalized spacial score (nSPS) is 10.9. The summed E-state index contributed by atoms with van der Waals surface area (Å²) in [6.45, 7) is 3.91. The molecule has 0 spiro atoms. The number of rotatable bonds is 4. The minimum Gasteiger partial charge on any atom is -0.369 e. The van der Waals surface area contributed by atoms with E-state index in [0.29, 0.717) is 16.5 Å². The molecule has 0 saturated heterocycles. The SMILES string of the molecule is Cc1nn(C)c(C)c1-c1cc(-c2ccc(Cl)cc2)nc(CC(N)=O)n1. The minimum atomic E-state index is -0.473. The fraction of sp³-hybridized carbons (Fsp3) is 0.222. The van der Waals surface area contributed by atoms with Gasteiger partial charge < -0.3 is 5.73 Å². The molecule has 3 aromatic rings. The van der Waals surface area contributed by atoms with Gasteiger partial charge in [-0.05, 0) is 32.0 Å². The molecule has 0 atom stereocenters. The molecule has 1 aromatic carbocycles. The van der Waals surface area contributed by atoms with Crippen molar-refractivity contribution in [3.8, 4) is 22.5 Å². The van der Waals surface area contributed by atoms with Crippen molar-refractivity contribution in [1.29, 1.82) is 0 Å². The summed E-state index contributed by atoms with van der Waals surface area (Å²) >= 11 is 5.97. The van der Waals surface area contributed by atoms with Crippen LogP contribution in [0.5, 0.6) is 0 Å². The summed E-state index contributed by atoms with van der Waals surface area (Å²) in [5, 5.41) is 5.09. The topological polar surface area (TPSA) is 86.7 Å². The van der Waals surface area contributed by atoms with Crippen LogP contribution in [0.1, 0.15) is 17.2 Å². The molecule has 0 aliphatic carbocycles. The number of aromatic nitrogens is 4. The van der Waals surface area contributed by atoms with Gasteiger partial charge in [-0.25, -0.2) is 9.97 Å². The van der Waals surface area contributed by atoms with Crippen LogP contribution < -0.4 is 5.73 Å². The van der Waals surface area contributed by atoms with Gasteiger partial charge in [0.1, 0.15) is 5.82 Å². The molecule has 0 bridgehead atoms. The van der Waals surface area contributed by atoms with Crippen molar-refractivity contribution in [2.45, 2.75) is 20.3 Å². The van der Waals surface area contributed by atoms with E-state index in [4.69, 9.17) is 17.3 Å². The molecule has 1 amide bonds. The Balaban J connectivity index is 2.19. The Labute approximate surface area is 150 Å². The lowest BCUT2D eigenvalue weighted by Crippen LogP contribution is -2.16. The van der Waals surface area contributed by atoms with Crippen LogP contribution in [0.15, 0.2) is 30.3 Å². The van der Waals surface area contributed by atoms with Gasteiger partial charge in [-0.2, -0.15) is 5.10 Å². The van der Waals surface area contributed by atoms with Crippen LogP contribution in [-0.4, -0.2) is 25.7 Å². The van der Waals surface area contributed by atoms with Crippen LogP contribution in [-0.2, 0) is 18.3 Å². The second kappa shape index (κ2) is 6.64. The zero-order valence-corrected chi connectivity index (χ0v) is 15.0. The first kappa shape index (κ1) is 17.1. The van der Waals surface area contributed by atoms with Crippen molar-refractivity contribution in [1.82, 2.24) is 19.7 Å². The number of hydrogen-bond acceptors (Lipinski definition) is 4. The van der Waals surface area contributed by atoms with Gasteiger partial charge in [0, 0.05) is 28.9 Å². The molecular formula is C18H18ClN5O. The summed E-state index contributed by atoms with van der Waals surface area (Å²) in [6.07, 6.45) is -0.0210. The highest BCUT2D eigenvalue weighted by atomic mass is 35.5. The van der Waals surface area contributed by atoms with Gasteiger partial charge in [-0.1, -0.05) is 23.7 Å². The molecule has 3 rings (SSSR count). The zero-order valence-electron chi connectivity index (χ0n) is 14.2. The molecule has 6 nitrogen and oxygen atoms in total. The van der Waals surface area contributed by atoms with E-state index in [1.165, 1.54) is 0 Å². The van der Waals surface area contributed by atoms with Crippen LogP contribution in [0, 0.1) is 13.8 Å². The van der Waals surface area contributed by atoms with Crippen molar-refractivity contribution in [2.75, 3.05) is 0 Å². The Morgan fingerprint density at radius 1 is 1.16 bits per heavy atom. The molecule has 2 aromatic heterocycles. The first-order valence-electron chi connectivity index (χ1n) is 7.78. The Morgan fingerprint density at radius 3 is 2.36 bits per heavy atom. The van der Waals surface area contributed by atoms with E-state index in [9.17, 15) is 4.79 Å². The lowest BCUT2D eigenvalue weighted by Gasteiger charge is -2.09. The summed E-state index contributed by atoms with van der Waals surface area (Å²) < 4.78 is 1.81. The number of halogens is 1. The summed E-state index contributed by atoms with van der Waals surface area (Å²) in [6, 6.07) is 9.25. The van der Waals surface area contributed by atoms with Gasteiger partial charge in [0.05, 0.1) is 23.5 Å². The van der Waals surface area contributed by atoms with E-state index in [1.807, 2.05) is 43.8 Å². The average molecular weight is 356 g/mol. The van der Waals surface area contributed by atoms with Gasteiger partial charge in [0.2, 0.25) is 5.91 Å². The fourth-order valence-corrected chi connectivity index (χ4v) is 2.90. The van der Waals surface area contributed by atoms with Crippen LogP contribution in [0.25, 0.3) is 22.5 Å². The minimum absolute atomic E-state index is 0.0210. The second-order valence-electron chi connectivity index (χ2n) is 5.87. The number of hydrogen-bond donors (Lipinski definition) is 1. The molecule has 2 heterocycles. The molecule has 25 heavy (non-hydrogen) atoms. The van der Waals surface area contributed by atoms with E-state index < -0.39 is 5.91 Å². The molecule has 0 radical (unpaired) electrons. The van der Waals surface area contributed by atoms with Crippen LogP contribution >= 0.6 is 11.6 Å². The van der Waals surface area contributed by atoms with E-state index in [-0.39, 0.29) is 6.42 Å². The van der Waals surface area contributed by atoms with Crippen molar-refractivity contribution >= 4 is 17.5 Å². The molecule has 2 N–H and O–H groups in total. The van der Waals surface area contributed by atoms with Crippen molar-refractivity contribution in [3.05, 3.63) is 52.6 Å². The van der Waals surface area contributed by atoms with Crippen molar-refractivity contribution in [2.24, 2.45) is 12.8 Å².